The largest absolute Gasteiger partial charge is 0.493 e. The molecule has 0 amide bonds. The molecule has 1 saturated carbocycles. The van der Waals surface area contributed by atoms with Crippen LogP contribution in [0.15, 0.2) is 12.1 Å². The molecule has 1 aromatic rings. The van der Waals surface area contributed by atoms with Crippen LogP contribution < -0.4 is 14.8 Å². The van der Waals surface area contributed by atoms with Crippen molar-refractivity contribution in [3.63, 3.8) is 0 Å². The third kappa shape index (κ3) is 2.98. The second-order valence-electron chi connectivity index (χ2n) is 5.47. The van der Waals surface area contributed by atoms with Crippen molar-refractivity contribution < 1.29 is 9.47 Å². The fraction of sp³-hybridized carbons (Fsp3) is 0.600. The number of halogens is 1. The van der Waals surface area contributed by atoms with Gasteiger partial charge in [0.05, 0.1) is 13.7 Å². The SMILES string of the molecule is COc1cc(C2CCNC2)c(Cl)cc1OCC1CC1. The van der Waals surface area contributed by atoms with Gasteiger partial charge in [-0.3, -0.25) is 0 Å². The molecule has 1 aromatic carbocycles. The zero-order valence-electron chi connectivity index (χ0n) is 11.2. The van der Waals surface area contributed by atoms with Gasteiger partial charge in [0.1, 0.15) is 0 Å². The Morgan fingerprint density at radius 2 is 2.11 bits per heavy atom. The summed E-state index contributed by atoms with van der Waals surface area (Å²) in [5.41, 5.74) is 1.17. The van der Waals surface area contributed by atoms with Crippen LogP contribution in [0.1, 0.15) is 30.7 Å². The molecule has 1 aliphatic carbocycles. The van der Waals surface area contributed by atoms with Crippen LogP contribution in [0, 0.1) is 5.92 Å². The molecule has 3 rings (SSSR count). The lowest BCUT2D eigenvalue weighted by Crippen LogP contribution is -2.09. The zero-order chi connectivity index (χ0) is 13.2. The van der Waals surface area contributed by atoms with E-state index in [0.29, 0.717) is 5.92 Å². The molecule has 2 fully saturated rings. The number of hydrogen-bond donors (Lipinski definition) is 1. The summed E-state index contributed by atoms with van der Waals surface area (Å²) in [7, 11) is 1.68. The molecule has 4 heteroatoms. The molecule has 1 atom stereocenters. The summed E-state index contributed by atoms with van der Waals surface area (Å²) in [5.74, 6) is 2.78. The van der Waals surface area contributed by atoms with E-state index >= 15 is 0 Å². The van der Waals surface area contributed by atoms with Gasteiger partial charge >= 0.3 is 0 Å². The van der Waals surface area contributed by atoms with Gasteiger partial charge in [-0.2, -0.15) is 0 Å². The quantitative estimate of drug-likeness (QED) is 0.899. The van der Waals surface area contributed by atoms with E-state index in [0.717, 1.165) is 48.6 Å². The molecule has 2 aliphatic rings. The summed E-state index contributed by atoms with van der Waals surface area (Å²) in [5, 5.41) is 4.16. The number of methoxy groups -OCH3 is 1. The topological polar surface area (TPSA) is 30.5 Å². The molecule has 0 aromatic heterocycles. The van der Waals surface area contributed by atoms with Crippen molar-refractivity contribution in [1.29, 1.82) is 0 Å². The van der Waals surface area contributed by atoms with Crippen LogP contribution in [0.25, 0.3) is 0 Å². The summed E-state index contributed by atoms with van der Waals surface area (Å²) in [6.45, 7) is 2.82. The first-order chi connectivity index (χ1) is 9.28. The highest BCUT2D eigenvalue weighted by molar-refractivity contribution is 6.31. The highest BCUT2D eigenvalue weighted by Gasteiger charge is 2.24. The maximum atomic E-state index is 6.41. The number of nitrogens with one attached hydrogen (secondary N) is 1. The summed E-state index contributed by atoms with van der Waals surface area (Å²) < 4.78 is 11.3. The van der Waals surface area contributed by atoms with E-state index < -0.39 is 0 Å². The summed E-state index contributed by atoms with van der Waals surface area (Å²) in [6.07, 6.45) is 3.69. The summed E-state index contributed by atoms with van der Waals surface area (Å²) in [6, 6.07) is 3.96. The fourth-order valence-electron chi connectivity index (χ4n) is 2.55. The molecule has 1 unspecified atom stereocenters. The van der Waals surface area contributed by atoms with Gasteiger partial charge in [-0.1, -0.05) is 11.6 Å². The maximum absolute atomic E-state index is 6.41. The van der Waals surface area contributed by atoms with Crippen molar-refractivity contribution in [1.82, 2.24) is 5.32 Å². The monoisotopic (exact) mass is 281 g/mol. The standard InChI is InChI=1S/C15H20ClNO2/c1-18-14-6-12(11-4-5-17-8-11)13(16)7-15(14)19-9-10-2-3-10/h6-7,10-11,17H,2-5,8-9H2,1H3. The first-order valence-corrected chi connectivity index (χ1v) is 7.36. The molecule has 1 heterocycles. The molecule has 0 radical (unpaired) electrons. The Kier molecular flexibility index (Phi) is 3.85. The molecule has 3 nitrogen and oxygen atoms in total. The second kappa shape index (κ2) is 5.59. The third-order valence-corrected chi connectivity index (χ3v) is 4.28. The Morgan fingerprint density at radius 1 is 1.26 bits per heavy atom. The molecule has 0 bridgehead atoms. The minimum atomic E-state index is 0.485. The van der Waals surface area contributed by atoms with Gasteiger partial charge < -0.3 is 14.8 Å². The van der Waals surface area contributed by atoms with Crippen molar-refractivity contribution >= 4 is 11.6 Å². The molecule has 1 aliphatic heterocycles. The third-order valence-electron chi connectivity index (χ3n) is 3.95. The Morgan fingerprint density at radius 3 is 2.74 bits per heavy atom. The van der Waals surface area contributed by atoms with Crippen LogP contribution in [0.3, 0.4) is 0 Å². The van der Waals surface area contributed by atoms with Crippen molar-refractivity contribution in [3.8, 4) is 11.5 Å². The predicted octanol–water partition coefficient (Wildman–Crippen LogP) is 3.21. The lowest BCUT2D eigenvalue weighted by atomic mass is 9.98. The van der Waals surface area contributed by atoms with E-state index in [-0.39, 0.29) is 0 Å². The summed E-state index contributed by atoms with van der Waals surface area (Å²) in [4.78, 5) is 0. The van der Waals surface area contributed by atoms with Gasteiger partial charge in [-0.05, 0) is 49.3 Å². The Labute approximate surface area is 119 Å². The van der Waals surface area contributed by atoms with Crippen molar-refractivity contribution in [2.45, 2.75) is 25.2 Å². The average molecular weight is 282 g/mol. The van der Waals surface area contributed by atoms with E-state index in [1.165, 1.54) is 18.4 Å². The predicted molar refractivity (Wildman–Crippen MR) is 76.5 cm³/mol. The number of hydrogen-bond acceptors (Lipinski definition) is 3. The van der Waals surface area contributed by atoms with Gasteiger partial charge in [0, 0.05) is 17.6 Å². The number of rotatable bonds is 5. The van der Waals surface area contributed by atoms with Gasteiger partial charge in [0.2, 0.25) is 0 Å². The molecule has 19 heavy (non-hydrogen) atoms. The van der Waals surface area contributed by atoms with Crippen LogP contribution in [0.2, 0.25) is 5.02 Å². The molecular formula is C15H20ClNO2. The molecule has 0 spiro atoms. The lowest BCUT2D eigenvalue weighted by Gasteiger charge is -2.16. The zero-order valence-corrected chi connectivity index (χ0v) is 12.0. The van der Waals surface area contributed by atoms with Crippen LogP contribution in [0.5, 0.6) is 11.5 Å². The lowest BCUT2D eigenvalue weighted by molar-refractivity contribution is 0.280. The van der Waals surface area contributed by atoms with Crippen LogP contribution in [0.4, 0.5) is 0 Å². The summed E-state index contributed by atoms with van der Waals surface area (Å²) >= 11 is 6.41. The van der Waals surface area contributed by atoms with Crippen molar-refractivity contribution in [2.75, 3.05) is 26.8 Å². The van der Waals surface area contributed by atoms with E-state index in [9.17, 15) is 0 Å². The first kappa shape index (κ1) is 13.1. The molecule has 1 N–H and O–H groups in total. The Balaban J connectivity index is 1.81. The normalized spacial score (nSPS) is 22.5. The van der Waals surface area contributed by atoms with E-state index in [4.69, 9.17) is 21.1 Å². The highest BCUT2D eigenvalue weighted by atomic mass is 35.5. The minimum absolute atomic E-state index is 0.485. The fourth-order valence-corrected chi connectivity index (χ4v) is 2.86. The number of benzene rings is 1. The van der Waals surface area contributed by atoms with Crippen LogP contribution >= 0.6 is 11.6 Å². The number of ether oxygens (including phenoxy) is 2. The van der Waals surface area contributed by atoms with Gasteiger partial charge in [-0.15, -0.1) is 0 Å². The van der Waals surface area contributed by atoms with E-state index in [1.807, 2.05) is 12.1 Å². The van der Waals surface area contributed by atoms with Crippen LogP contribution in [-0.4, -0.2) is 26.8 Å². The van der Waals surface area contributed by atoms with E-state index in [1.54, 1.807) is 7.11 Å². The van der Waals surface area contributed by atoms with Crippen LogP contribution in [-0.2, 0) is 0 Å². The van der Waals surface area contributed by atoms with Gasteiger partial charge in [0.25, 0.3) is 0 Å². The van der Waals surface area contributed by atoms with Crippen molar-refractivity contribution in [3.05, 3.63) is 22.7 Å². The van der Waals surface area contributed by atoms with Gasteiger partial charge in [0.15, 0.2) is 11.5 Å². The Bertz CT molecular complexity index is 454. The first-order valence-electron chi connectivity index (χ1n) is 6.99. The Hall–Kier alpha value is -0.930. The van der Waals surface area contributed by atoms with E-state index in [2.05, 4.69) is 5.32 Å². The molecule has 1 saturated heterocycles. The minimum Gasteiger partial charge on any atom is -0.493 e. The highest BCUT2D eigenvalue weighted by Crippen LogP contribution is 2.39. The second-order valence-corrected chi connectivity index (χ2v) is 5.88. The molecular weight excluding hydrogens is 262 g/mol. The smallest absolute Gasteiger partial charge is 0.162 e. The van der Waals surface area contributed by atoms with Gasteiger partial charge in [-0.25, -0.2) is 0 Å². The van der Waals surface area contributed by atoms with Crippen molar-refractivity contribution in [2.24, 2.45) is 5.92 Å². The molecule has 104 valence electrons. The maximum Gasteiger partial charge on any atom is 0.162 e. The average Bonchev–Trinajstić information content (AvgIpc) is 3.09.